The van der Waals surface area contributed by atoms with Gasteiger partial charge in [-0.15, -0.1) is 10.2 Å². The number of rotatable bonds is 5. The van der Waals surface area contributed by atoms with Crippen molar-refractivity contribution in [2.45, 2.75) is 13.0 Å². The van der Waals surface area contributed by atoms with Crippen LogP contribution in [0.15, 0.2) is 30.0 Å². The van der Waals surface area contributed by atoms with Crippen molar-refractivity contribution in [1.82, 2.24) is 19.7 Å². The number of nitrogens with one attached hydrogen (secondary N) is 1. The first-order valence-electron chi connectivity index (χ1n) is 6.50. The second-order valence-corrected chi connectivity index (χ2v) is 5.31. The highest BCUT2D eigenvalue weighted by atomic mass is 32.1. The smallest absolute Gasteiger partial charge is 0.257 e. The Morgan fingerprint density at radius 1 is 1.43 bits per heavy atom. The van der Waals surface area contributed by atoms with E-state index in [9.17, 15) is 4.79 Å². The van der Waals surface area contributed by atoms with Crippen LogP contribution in [0.2, 0.25) is 0 Å². The zero-order valence-corrected chi connectivity index (χ0v) is 12.0. The molecule has 2 aromatic heterocycles. The van der Waals surface area contributed by atoms with Crippen LogP contribution in [-0.4, -0.2) is 32.2 Å². The van der Waals surface area contributed by atoms with Gasteiger partial charge in [0.15, 0.2) is 0 Å². The molecule has 0 unspecified atom stereocenters. The van der Waals surface area contributed by atoms with Gasteiger partial charge in [-0.3, -0.25) is 10.1 Å². The molecule has 0 radical (unpaired) electrons. The monoisotopic (exact) mass is 302 g/mol. The zero-order chi connectivity index (χ0) is 14.7. The molecule has 1 amide bonds. The van der Waals surface area contributed by atoms with Crippen LogP contribution in [0.5, 0.6) is 0 Å². The van der Waals surface area contributed by atoms with Gasteiger partial charge in [0.25, 0.3) is 5.91 Å². The Balaban J connectivity index is 1.82. The van der Waals surface area contributed by atoms with Gasteiger partial charge in [0, 0.05) is 12.1 Å². The molecule has 0 spiro atoms. The van der Waals surface area contributed by atoms with E-state index in [4.69, 9.17) is 5.73 Å². The van der Waals surface area contributed by atoms with Crippen molar-refractivity contribution in [2.75, 3.05) is 11.9 Å². The first-order valence-corrected chi connectivity index (χ1v) is 7.38. The largest absolute Gasteiger partial charge is 0.331 e. The Hall–Kier alpha value is -2.32. The molecule has 3 rings (SSSR count). The standard InChI is InChI=1S/C13H14N6OS/c14-4-1-5-19-7-15-10-6-9(2-3-11(10)19)12(20)17-13-18-16-8-21-13/h2-3,6-8H,1,4-5,14H2,(H,17,18,20). The number of imidazole rings is 1. The molecule has 3 aromatic rings. The third kappa shape index (κ3) is 2.91. The van der Waals surface area contributed by atoms with Gasteiger partial charge >= 0.3 is 0 Å². The van der Waals surface area contributed by atoms with E-state index in [1.165, 1.54) is 11.3 Å². The van der Waals surface area contributed by atoms with E-state index in [1.807, 2.05) is 10.6 Å². The topological polar surface area (TPSA) is 98.7 Å². The number of hydrogen-bond donors (Lipinski definition) is 2. The van der Waals surface area contributed by atoms with Crippen molar-refractivity contribution in [2.24, 2.45) is 5.73 Å². The number of benzene rings is 1. The summed E-state index contributed by atoms with van der Waals surface area (Å²) in [6.07, 6.45) is 2.66. The van der Waals surface area contributed by atoms with Gasteiger partial charge < -0.3 is 10.3 Å². The molecule has 0 saturated heterocycles. The fourth-order valence-corrected chi connectivity index (χ4v) is 2.48. The van der Waals surface area contributed by atoms with E-state index >= 15 is 0 Å². The summed E-state index contributed by atoms with van der Waals surface area (Å²) >= 11 is 1.28. The summed E-state index contributed by atoms with van der Waals surface area (Å²) in [5, 5.41) is 10.6. The van der Waals surface area contributed by atoms with Crippen LogP contribution >= 0.6 is 11.3 Å². The van der Waals surface area contributed by atoms with Crippen LogP contribution in [0.1, 0.15) is 16.8 Å². The number of carbonyl (C=O) groups is 1. The summed E-state index contributed by atoms with van der Waals surface area (Å²) in [5.41, 5.74) is 9.42. The molecule has 21 heavy (non-hydrogen) atoms. The Kier molecular flexibility index (Phi) is 3.89. The van der Waals surface area contributed by atoms with Crippen molar-refractivity contribution in [3.05, 3.63) is 35.6 Å². The lowest BCUT2D eigenvalue weighted by Gasteiger charge is -2.04. The maximum Gasteiger partial charge on any atom is 0.257 e. The Morgan fingerprint density at radius 2 is 2.33 bits per heavy atom. The molecule has 7 nitrogen and oxygen atoms in total. The summed E-state index contributed by atoms with van der Waals surface area (Å²) in [7, 11) is 0. The van der Waals surface area contributed by atoms with Gasteiger partial charge in [-0.1, -0.05) is 11.3 Å². The van der Waals surface area contributed by atoms with E-state index in [1.54, 1.807) is 24.0 Å². The van der Waals surface area contributed by atoms with Crippen molar-refractivity contribution in [3.63, 3.8) is 0 Å². The van der Waals surface area contributed by atoms with E-state index in [2.05, 4.69) is 20.5 Å². The number of hydrogen-bond acceptors (Lipinski definition) is 6. The SMILES string of the molecule is NCCCn1cnc2cc(C(=O)Nc3nncs3)ccc21. The molecule has 2 heterocycles. The maximum absolute atomic E-state index is 12.1. The van der Waals surface area contributed by atoms with Gasteiger partial charge in [-0.05, 0) is 31.2 Å². The van der Waals surface area contributed by atoms with Crippen LogP contribution in [0.25, 0.3) is 11.0 Å². The van der Waals surface area contributed by atoms with Crippen LogP contribution in [0.3, 0.4) is 0 Å². The molecule has 0 saturated carbocycles. The number of amides is 1. The average Bonchev–Trinajstić information content (AvgIpc) is 3.14. The molecule has 0 aliphatic rings. The van der Waals surface area contributed by atoms with Crippen molar-refractivity contribution >= 4 is 33.4 Å². The molecule has 0 aliphatic carbocycles. The van der Waals surface area contributed by atoms with Gasteiger partial charge in [-0.2, -0.15) is 0 Å². The van der Waals surface area contributed by atoms with Crippen molar-refractivity contribution in [3.8, 4) is 0 Å². The van der Waals surface area contributed by atoms with Gasteiger partial charge in [0.2, 0.25) is 5.13 Å². The number of anilines is 1. The summed E-state index contributed by atoms with van der Waals surface area (Å²) in [6, 6.07) is 5.44. The number of fused-ring (bicyclic) bond motifs is 1. The molecule has 1 aromatic carbocycles. The minimum atomic E-state index is -0.217. The molecule has 0 bridgehead atoms. The maximum atomic E-state index is 12.1. The number of nitrogens with two attached hydrogens (primary N) is 1. The Morgan fingerprint density at radius 3 is 3.10 bits per heavy atom. The minimum Gasteiger partial charge on any atom is -0.331 e. The highest BCUT2D eigenvalue weighted by molar-refractivity contribution is 7.13. The van der Waals surface area contributed by atoms with E-state index in [0.29, 0.717) is 17.2 Å². The minimum absolute atomic E-state index is 0.217. The molecular weight excluding hydrogens is 288 g/mol. The van der Waals surface area contributed by atoms with Crippen LogP contribution in [-0.2, 0) is 6.54 Å². The van der Waals surface area contributed by atoms with Gasteiger partial charge in [0.05, 0.1) is 17.4 Å². The second-order valence-electron chi connectivity index (χ2n) is 4.48. The van der Waals surface area contributed by atoms with Crippen LogP contribution in [0, 0.1) is 0 Å². The molecule has 0 atom stereocenters. The summed E-state index contributed by atoms with van der Waals surface area (Å²) in [4.78, 5) is 16.4. The number of nitrogens with zero attached hydrogens (tertiary/aromatic N) is 4. The highest BCUT2D eigenvalue weighted by Gasteiger charge is 2.10. The van der Waals surface area contributed by atoms with Crippen LogP contribution < -0.4 is 11.1 Å². The molecular formula is C13H14N6OS. The van der Waals surface area contributed by atoms with Gasteiger partial charge in [-0.25, -0.2) is 4.98 Å². The van der Waals surface area contributed by atoms with Crippen molar-refractivity contribution in [1.29, 1.82) is 0 Å². The Labute approximate surface area is 124 Å². The predicted octanol–water partition coefficient (Wildman–Crippen LogP) is 1.49. The normalized spacial score (nSPS) is 10.9. The lowest BCUT2D eigenvalue weighted by molar-refractivity contribution is 0.102. The number of carbonyl (C=O) groups excluding carboxylic acids is 1. The lowest BCUT2D eigenvalue weighted by Crippen LogP contribution is -2.11. The van der Waals surface area contributed by atoms with Crippen molar-refractivity contribution < 1.29 is 4.79 Å². The summed E-state index contributed by atoms with van der Waals surface area (Å²) in [5.74, 6) is -0.217. The summed E-state index contributed by atoms with van der Waals surface area (Å²) < 4.78 is 2.04. The van der Waals surface area contributed by atoms with Crippen LogP contribution in [0.4, 0.5) is 5.13 Å². The fourth-order valence-electron chi connectivity index (χ4n) is 2.04. The van der Waals surface area contributed by atoms with E-state index in [0.717, 1.165) is 24.0 Å². The second kappa shape index (κ2) is 5.98. The third-order valence-corrected chi connectivity index (χ3v) is 3.67. The molecule has 0 fully saturated rings. The van der Waals surface area contributed by atoms with E-state index in [-0.39, 0.29) is 5.91 Å². The van der Waals surface area contributed by atoms with Gasteiger partial charge in [0.1, 0.15) is 5.51 Å². The average molecular weight is 302 g/mol. The predicted molar refractivity (Wildman–Crippen MR) is 81.3 cm³/mol. The lowest BCUT2D eigenvalue weighted by atomic mass is 10.2. The zero-order valence-electron chi connectivity index (χ0n) is 11.2. The molecule has 8 heteroatoms. The molecule has 3 N–H and O–H groups in total. The molecule has 0 aliphatic heterocycles. The Bertz CT molecular complexity index is 751. The molecule has 108 valence electrons. The number of aryl methyl sites for hydroxylation is 1. The third-order valence-electron chi connectivity index (χ3n) is 3.07. The fraction of sp³-hybridized carbons (Fsp3) is 0.231. The first-order chi connectivity index (χ1) is 10.3. The first kappa shape index (κ1) is 13.7. The highest BCUT2D eigenvalue weighted by Crippen LogP contribution is 2.17. The number of aromatic nitrogens is 4. The van der Waals surface area contributed by atoms with E-state index < -0.39 is 0 Å². The summed E-state index contributed by atoms with van der Waals surface area (Å²) in [6.45, 7) is 1.46. The quantitative estimate of drug-likeness (QED) is 0.744.